The van der Waals surface area contributed by atoms with Gasteiger partial charge in [0, 0.05) is 18.0 Å². The molecule has 1 rings (SSSR count). The van der Waals surface area contributed by atoms with Gasteiger partial charge in [0.1, 0.15) is 0 Å². The molecule has 1 unspecified atom stereocenters. The topological polar surface area (TPSA) is 104 Å². The molecule has 90 valence electrons. The van der Waals surface area contributed by atoms with Gasteiger partial charge in [0.2, 0.25) is 5.91 Å². The van der Waals surface area contributed by atoms with Crippen LogP contribution in [0.15, 0.2) is 35.4 Å². The molecule has 1 amide bonds. The number of azide groups is 1. The third kappa shape index (κ3) is 5.01. The number of hydrogen-bond acceptors (Lipinski definition) is 3. The van der Waals surface area contributed by atoms with E-state index in [1.807, 2.05) is 30.3 Å². The Hall–Kier alpha value is -2.04. The standard InChI is InChI=1S/C11H15N5O/c12-11(17)10(14-6-7-15-16-13)8-9-4-2-1-3-5-9/h1-5,10,14H,6-8H2,(H2,12,17). The Morgan fingerprint density at radius 3 is 2.76 bits per heavy atom. The van der Waals surface area contributed by atoms with Crippen LogP contribution in [0, 0.1) is 0 Å². The molecule has 0 aromatic heterocycles. The molecule has 0 radical (unpaired) electrons. The Balaban J connectivity index is 2.49. The second-order valence-corrected chi connectivity index (χ2v) is 3.55. The van der Waals surface area contributed by atoms with E-state index in [4.69, 9.17) is 11.3 Å². The van der Waals surface area contributed by atoms with Crippen LogP contribution >= 0.6 is 0 Å². The minimum atomic E-state index is -0.439. The molecule has 0 bridgehead atoms. The van der Waals surface area contributed by atoms with Crippen LogP contribution in [0.25, 0.3) is 10.4 Å². The van der Waals surface area contributed by atoms with Crippen LogP contribution in [-0.2, 0) is 11.2 Å². The van der Waals surface area contributed by atoms with E-state index in [1.54, 1.807) is 0 Å². The second kappa shape index (κ2) is 7.27. The number of nitrogens with zero attached hydrogens (tertiary/aromatic N) is 3. The molecular weight excluding hydrogens is 218 g/mol. The van der Waals surface area contributed by atoms with Gasteiger partial charge in [0.05, 0.1) is 6.04 Å². The zero-order valence-corrected chi connectivity index (χ0v) is 9.41. The van der Waals surface area contributed by atoms with Gasteiger partial charge in [-0.2, -0.15) is 0 Å². The van der Waals surface area contributed by atoms with Crippen molar-refractivity contribution in [2.24, 2.45) is 10.8 Å². The molecule has 0 aliphatic heterocycles. The zero-order valence-electron chi connectivity index (χ0n) is 9.41. The fourth-order valence-electron chi connectivity index (χ4n) is 1.46. The number of benzene rings is 1. The number of nitrogens with one attached hydrogen (secondary N) is 1. The van der Waals surface area contributed by atoms with E-state index >= 15 is 0 Å². The van der Waals surface area contributed by atoms with Crippen LogP contribution in [0.1, 0.15) is 5.56 Å². The van der Waals surface area contributed by atoms with Crippen LogP contribution < -0.4 is 11.1 Å². The Morgan fingerprint density at radius 1 is 1.47 bits per heavy atom. The smallest absolute Gasteiger partial charge is 0.234 e. The van der Waals surface area contributed by atoms with Crippen molar-refractivity contribution in [2.75, 3.05) is 13.1 Å². The van der Waals surface area contributed by atoms with Crippen LogP contribution in [0.3, 0.4) is 0 Å². The second-order valence-electron chi connectivity index (χ2n) is 3.55. The fraction of sp³-hybridized carbons (Fsp3) is 0.364. The van der Waals surface area contributed by atoms with Crippen LogP contribution in [-0.4, -0.2) is 25.0 Å². The van der Waals surface area contributed by atoms with Crippen LogP contribution in [0.2, 0.25) is 0 Å². The Labute approximate surface area is 99.4 Å². The fourth-order valence-corrected chi connectivity index (χ4v) is 1.46. The van der Waals surface area contributed by atoms with Gasteiger partial charge in [-0.25, -0.2) is 0 Å². The summed E-state index contributed by atoms with van der Waals surface area (Å²) in [6, 6.07) is 9.17. The molecule has 17 heavy (non-hydrogen) atoms. The molecule has 6 nitrogen and oxygen atoms in total. The molecule has 0 heterocycles. The largest absolute Gasteiger partial charge is 0.368 e. The number of nitrogens with two attached hydrogens (primary N) is 1. The number of carbonyl (C=O) groups is 1. The lowest BCUT2D eigenvalue weighted by molar-refractivity contribution is -0.120. The molecule has 1 aromatic rings. The van der Waals surface area contributed by atoms with E-state index < -0.39 is 11.9 Å². The molecule has 3 N–H and O–H groups in total. The number of primary amides is 1. The number of carbonyl (C=O) groups excluding carboxylic acids is 1. The van der Waals surface area contributed by atoms with Crippen molar-refractivity contribution in [1.29, 1.82) is 0 Å². The van der Waals surface area contributed by atoms with Crippen LogP contribution in [0.4, 0.5) is 0 Å². The van der Waals surface area contributed by atoms with Crippen molar-refractivity contribution in [1.82, 2.24) is 5.32 Å². The van der Waals surface area contributed by atoms with E-state index in [2.05, 4.69) is 15.3 Å². The van der Waals surface area contributed by atoms with Crippen molar-refractivity contribution < 1.29 is 4.79 Å². The summed E-state index contributed by atoms with van der Waals surface area (Å²) in [6.07, 6.45) is 0.534. The van der Waals surface area contributed by atoms with Gasteiger partial charge in [-0.3, -0.25) is 4.79 Å². The molecule has 0 spiro atoms. The first-order valence-electron chi connectivity index (χ1n) is 5.31. The predicted molar refractivity (Wildman–Crippen MR) is 65.1 cm³/mol. The van der Waals surface area contributed by atoms with Gasteiger partial charge >= 0.3 is 0 Å². The summed E-state index contributed by atoms with van der Waals surface area (Å²) in [7, 11) is 0. The lowest BCUT2D eigenvalue weighted by Gasteiger charge is -2.14. The van der Waals surface area contributed by atoms with Gasteiger partial charge in [-0.1, -0.05) is 35.4 Å². The van der Waals surface area contributed by atoms with E-state index in [-0.39, 0.29) is 0 Å². The first-order chi connectivity index (χ1) is 8.24. The SMILES string of the molecule is [N-]=[N+]=NCCNC(Cc1ccccc1)C(N)=O. The number of rotatable bonds is 7. The normalized spacial score (nSPS) is 11.5. The summed E-state index contributed by atoms with van der Waals surface area (Å²) >= 11 is 0. The predicted octanol–water partition coefficient (Wildman–Crippen LogP) is 0.983. The maximum atomic E-state index is 11.2. The molecule has 0 saturated heterocycles. The molecule has 0 aliphatic rings. The highest BCUT2D eigenvalue weighted by molar-refractivity contribution is 5.80. The summed E-state index contributed by atoms with van der Waals surface area (Å²) in [5, 5.41) is 6.34. The highest BCUT2D eigenvalue weighted by Gasteiger charge is 2.14. The molecule has 0 saturated carbocycles. The molecule has 1 atom stereocenters. The molecule has 0 fully saturated rings. The van der Waals surface area contributed by atoms with E-state index in [1.165, 1.54) is 0 Å². The highest BCUT2D eigenvalue weighted by atomic mass is 16.1. The minimum absolute atomic E-state index is 0.301. The van der Waals surface area contributed by atoms with Crippen molar-refractivity contribution in [3.8, 4) is 0 Å². The Morgan fingerprint density at radius 2 is 2.18 bits per heavy atom. The van der Waals surface area contributed by atoms with E-state index in [0.29, 0.717) is 19.5 Å². The molecule has 0 aliphatic carbocycles. The summed E-state index contributed by atoms with van der Waals surface area (Å²) < 4.78 is 0. The lowest BCUT2D eigenvalue weighted by Crippen LogP contribution is -2.43. The third-order valence-electron chi connectivity index (χ3n) is 2.29. The highest BCUT2D eigenvalue weighted by Crippen LogP contribution is 2.02. The zero-order chi connectivity index (χ0) is 12.5. The monoisotopic (exact) mass is 233 g/mol. The van der Waals surface area contributed by atoms with Gasteiger partial charge < -0.3 is 11.1 Å². The van der Waals surface area contributed by atoms with Crippen molar-refractivity contribution in [2.45, 2.75) is 12.5 Å². The summed E-state index contributed by atoms with van der Waals surface area (Å²) in [6.45, 7) is 0.736. The first kappa shape index (κ1) is 13.0. The van der Waals surface area contributed by atoms with Gasteiger partial charge in [-0.05, 0) is 17.5 Å². The summed E-state index contributed by atoms with van der Waals surface area (Å²) in [5.74, 6) is -0.408. The number of amides is 1. The summed E-state index contributed by atoms with van der Waals surface area (Å²) in [4.78, 5) is 13.9. The maximum Gasteiger partial charge on any atom is 0.234 e. The average Bonchev–Trinajstić information content (AvgIpc) is 2.34. The Bertz CT molecular complexity index is 400. The molecular formula is C11H15N5O. The minimum Gasteiger partial charge on any atom is -0.368 e. The average molecular weight is 233 g/mol. The number of hydrogen-bond donors (Lipinski definition) is 2. The van der Waals surface area contributed by atoms with Gasteiger partial charge in [0.25, 0.3) is 0 Å². The maximum absolute atomic E-state index is 11.2. The van der Waals surface area contributed by atoms with Crippen molar-refractivity contribution in [3.05, 3.63) is 46.3 Å². The first-order valence-corrected chi connectivity index (χ1v) is 5.31. The van der Waals surface area contributed by atoms with Gasteiger partial charge in [0.15, 0.2) is 0 Å². The van der Waals surface area contributed by atoms with Crippen LogP contribution in [0.5, 0.6) is 0 Å². The Kier molecular flexibility index (Phi) is 5.57. The molecule has 6 heteroatoms. The van der Waals surface area contributed by atoms with E-state index in [0.717, 1.165) is 5.56 Å². The lowest BCUT2D eigenvalue weighted by atomic mass is 10.1. The molecule has 1 aromatic carbocycles. The van der Waals surface area contributed by atoms with Gasteiger partial charge in [-0.15, -0.1) is 0 Å². The van der Waals surface area contributed by atoms with Crippen molar-refractivity contribution >= 4 is 5.91 Å². The quantitative estimate of drug-likeness (QED) is 0.317. The summed E-state index contributed by atoms with van der Waals surface area (Å²) in [5.41, 5.74) is 14.4. The van der Waals surface area contributed by atoms with Crippen molar-refractivity contribution in [3.63, 3.8) is 0 Å². The van der Waals surface area contributed by atoms with E-state index in [9.17, 15) is 4.79 Å². The third-order valence-corrected chi connectivity index (χ3v) is 2.29.